The molecule has 0 radical (unpaired) electrons. The molecule has 0 saturated carbocycles. The van der Waals surface area contributed by atoms with Crippen LogP contribution in [0.5, 0.6) is 0 Å². The monoisotopic (exact) mass is 305 g/mol. The molecule has 0 aliphatic carbocycles. The predicted octanol–water partition coefficient (Wildman–Crippen LogP) is 4.63. The van der Waals surface area contributed by atoms with Gasteiger partial charge in [-0.25, -0.2) is 4.39 Å². The van der Waals surface area contributed by atoms with Gasteiger partial charge in [0.1, 0.15) is 5.82 Å². The van der Waals surface area contributed by atoms with Gasteiger partial charge in [0.15, 0.2) is 0 Å². The van der Waals surface area contributed by atoms with Crippen molar-refractivity contribution in [3.8, 4) is 0 Å². The normalized spacial score (nSPS) is 12.3. The van der Waals surface area contributed by atoms with Crippen molar-refractivity contribution in [3.63, 3.8) is 0 Å². The van der Waals surface area contributed by atoms with Gasteiger partial charge in [0.2, 0.25) is 0 Å². The highest BCUT2D eigenvalue weighted by Crippen LogP contribution is 2.13. The Balaban J connectivity index is 2.02. The van der Waals surface area contributed by atoms with Crippen LogP contribution in [0.4, 0.5) is 4.39 Å². The molecule has 1 nitrogen and oxygen atoms in total. The average molecular weight is 306 g/mol. The highest BCUT2D eigenvalue weighted by molar-refractivity contribution is 6.30. The van der Waals surface area contributed by atoms with Crippen LogP contribution in [0.2, 0.25) is 5.02 Å². The summed E-state index contributed by atoms with van der Waals surface area (Å²) in [4.78, 5) is 0. The third-order valence-corrected chi connectivity index (χ3v) is 3.73. The van der Waals surface area contributed by atoms with Crippen LogP contribution < -0.4 is 5.32 Å². The third kappa shape index (κ3) is 5.49. The van der Waals surface area contributed by atoms with Crippen molar-refractivity contribution in [1.29, 1.82) is 0 Å². The molecule has 3 heteroatoms. The standard InChI is InChI=1S/C18H21ClFN/c1-2-11-21-18(12-14-3-7-16(19)8-4-14)13-15-5-9-17(20)10-6-15/h3-10,18,21H,2,11-13H2,1H3. The molecule has 0 heterocycles. The molecule has 0 amide bonds. The minimum Gasteiger partial charge on any atom is -0.313 e. The molecular formula is C18H21ClFN. The Morgan fingerprint density at radius 3 is 2.00 bits per heavy atom. The van der Waals surface area contributed by atoms with Gasteiger partial charge in [-0.05, 0) is 61.2 Å². The summed E-state index contributed by atoms with van der Waals surface area (Å²) < 4.78 is 13.0. The van der Waals surface area contributed by atoms with Gasteiger partial charge in [0, 0.05) is 11.1 Å². The van der Waals surface area contributed by atoms with E-state index in [1.54, 1.807) is 0 Å². The first-order chi connectivity index (χ1) is 10.2. The minimum absolute atomic E-state index is 0.186. The smallest absolute Gasteiger partial charge is 0.123 e. The molecule has 1 unspecified atom stereocenters. The fourth-order valence-corrected chi connectivity index (χ4v) is 2.50. The maximum absolute atomic E-state index is 13.0. The van der Waals surface area contributed by atoms with E-state index in [2.05, 4.69) is 24.4 Å². The van der Waals surface area contributed by atoms with Crippen LogP contribution in [0.3, 0.4) is 0 Å². The Labute approximate surface area is 131 Å². The molecule has 0 saturated heterocycles. The van der Waals surface area contributed by atoms with Gasteiger partial charge in [0.05, 0.1) is 0 Å². The molecule has 2 aromatic carbocycles. The lowest BCUT2D eigenvalue weighted by Crippen LogP contribution is -2.33. The van der Waals surface area contributed by atoms with Crippen molar-refractivity contribution in [3.05, 3.63) is 70.5 Å². The van der Waals surface area contributed by atoms with E-state index in [4.69, 9.17) is 11.6 Å². The summed E-state index contributed by atoms with van der Waals surface area (Å²) in [7, 11) is 0. The van der Waals surface area contributed by atoms with Gasteiger partial charge >= 0.3 is 0 Å². The maximum Gasteiger partial charge on any atom is 0.123 e. The second-order valence-corrected chi connectivity index (χ2v) is 5.75. The number of nitrogens with one attached hydrogen (secondary N) is 1. The quantitative estimate of drug-likeness (QED) is 0.786. The van der Waals surface area contributed by atoms with E-state index >= 15 is 0 Å². The van der Waals surface area contributed by atoms with Crippen molar-refractivity contribution in [1.82, 2.24) is 5.32 Å². The predicted molar refractivity (Wildman–Crippen MR) is 87.3 cm³/mol. The van der Waals surface area contributed by atoms with Crippen molar-refractivity contribution in [2.45, 2.75) is 32.2 Å². The summed E-state index contributed by atoms with van der Waals surface area (Å²) in [5, 5.41) is 4.33. The minimum atomic E-state index is -0.186. The molecule has 0 aromatic heterocycles. The van der Waals surface area contributed by atoms with E-state index in [0.29, 0.717) is 6.04 Å². The largest absolute Gasteiger partial charge is 0.313 e. The van der Waals surface area contributed by atoms with E-state index in [-0.39, 0.29) is 5.82 Å². The fraction of sp³-hybridized carbons (Fsp3) is 0.333. The zero-order valence-electron chi connectivity index (χ0n) is 12.3. The van der Waals surface area contributed by atoms with E-state index in [9.17, 15) is 4.39 Å². The third-order valence-electron chi connectivity index (χ3n) is 3.47. The SMILES string of the molecule is CCCNC(Cc1ccc(F)cc1)Cc1ccc(Cl)cc1. The molecular weight excluding hydrogens is 285 g/mol. The Kier molecular flexibility index (Phi) is 6.21. The van der Waals surface area contributed by atoms with Gasteiger partial charge in [-0.1, -0.05) is 42.8 Å². The summed E-state index contributed by atoms with van der Waals surface area (Å²) in [6.45, 7) is 3.14. The molecule has 0 spiro atoms. The maximum atomic E-state index is 13.0. The van der Waals surface area contributed by atoms with Crippen molar-refractivity contribution in [2.24, 2.45) is 0 Å². The van der Waals surface area contributed by atoms with Crippen LogP contribution in [0.25, 0.3) is 0 Å². The first-order valence-electron chi connectivity index (χ1n) is 7.39. The molecule has 0 aliphatic rings. The van der Waals surface area contributed by atoms with Crippen molar-refractivity contribution >= 4 is 11.6 Å². The molecule has 21 heavy (non-hydrogen) atoms. The van der Waals surface area contributed by atoms with E-state index in [1.807, 2.05) is 24.3 Å². The number of hydrogen-bond acceptors (Lipinski definition) is 1. The summed E-state index contributed by atoms with van der Waals surface area (Å²) >= 11 is 5.93. The van der Waals surface area contributed by atoms with Crippen LogP contribution in [0.15, 0.2) is 48.5 Å². The zero-order valence-corrected chi connectivity index (χ0v) is 13.0. The molecule has 112 valence electrons. The first kappa shape index (κ1) is 16.0. The Bertz CT molecular complexity index is 489. The summed E-state index contributed by atoms with van der Waals surface area (Å²) in [6, 6.07) is 15.1. The lowest BCUT2D eigenvalue weighted by atomic mass is 9.99. The van der Waals surface area contributed by atoms with Crippen LogP contribution in [0, 0.1) is 5.82 Å². The number of hydrogen-bond donors (Lipinski definition) is 1. The number of rotatable bonds is 7. The molecule has 0 bridgehead atoms. The number of benzene rings is 2. The van der Waals surface area contributed by atoms with Crippen LogP contribution in [-0.4, -0.2) is 12.6 Å². The zero-order chi connectivity index (χ0) is 15.1. The Morgan fingerprint density at radius 1 is 0.952 bits per heavy atom. The van der Waals surface area contributed by atoms with Gasteiger partial charge in [-0.15, -0.1) is 0 Å². The Hall–Kier alpha value is -1.38. The number of halogens is 2. The lowest BCUT2D eigenvalue weighted by Gasteiger charge is -2.19. The summed E-state index contributed by atoms with van der Waals surface area (Å²) in [6.07, 6.45) is 2.93. The van der Waals surface area contributed by atoms with E-state index in [1.165, 1.54) is 17.7 Å². The molecule has 2 rings (SSSR count). The van der Waals surface area contributed by atoms with E-state index in [0.717, 1.165) is 36.4 Å². The first-order valence-corrected chi connectivity index (χ1v) is 7.77. The topological polar surface area (TPSA) is 12.0 Å². The fourth-order valence-electron chi connectivity index (χ4n) is 2.37. The van der Waals surface area contributed by atoms with Gasteiger partial charge in [0.25, 0.3) is 0 Å². The average Bonchev–Trinajstić information content (AvgIpc) is 2.49. The van der Waals surface area contributed by atoms with Gasteiger partial charge in [-0.2, -0.15) is 0 Å². The molecule has 0 aliphatic heterocycles. The molecule has 0 fully saturated rings. The van der Waals surface area contributed by atoms with Crippen molar-refractivity contribution in [2.75, 3.05) is 6.54 Å². The van der Waals surface area contributed by atoms with E-state index < -0.39 is 0 Å². The highest BCUT2D eigenvalue weighted by atomic mass is 35.5. The second kappa shape index (κ2) is 8.16. The molecule has 1 atom stereocenters. The van der Waals surface area contributed by atoms with Gasteiger partial charge < -0.3 is 5.32 Å². The lowest BCUT2D eigenvalue weighted by molar-refractivity contribution is 0.504. The van der Waals surface area contributed by atoms with Gasteiger partial charge in [-0.3, -0.25) is 0 Å². The highest BCUT2D eigenvalue weighted by Gasteiger charge is 2.10. The molecule has 1 N–H and O–H groups in total. The van der Waals surface area contributed by atoms with Crippen molar-refractivity contribution < 1.29 is 4.39 Å². The summed E-state index contributed by atoms with van der Waals surface area (Å²) in [5.74, 6) is -0.186. The second-order valence-electron chi connectivity index (χ2n) is 5.31. The molecule has 2 aromatic rings. The van der Waals surface area contributed by atoms with Crippen LogP contribution >= 0.6 is 11.6 Å². The Morgan fingerprint density at radius 2 is 1.48 bits per heavy atom. The van der Waals surface area contributed by atoms with Crippen LogP contribution in [-0.2, 0) is 12.8 Å². The van der Waals surface area contributed by atoms with Crippen LogP contribution in [0.1, 0.15) is 24.5 Å². The summed E-state index contributed by atoms with van der Waals surface area (Å²) in [5.41, 5.74) is 2.41.